The van der Waals surface area contributed by atoms with Crippen molar-refractivity contribution in [2.24, 2.45) is 0 Å². The van der Waals surface area contributed by atoms with Gasteiger partial charge in [-0.05, 0) is 20.3 Å². The maximum atomic E-state index is 11.8. The third-order valence-corrected chi connectivity index (χ3v) is 3.25. The maximum Gasteiger partial charge on any atom is 0.437 e. The average molecular weight is 283 g/mol. The summed E-state index contributed by atoms with van der Waals surface area (Å²) >= 11 is 0. The van der Waals surface area contributed by atoms with E-state index in [4.69, 9.17) is 14.2 Å². The van der Waals surface area contributed by atoms with Gasteiger partial charge in [0.25, 0.3) is 0 Å². The van der Waals surface area contributed by atoms with Crippen molar-refractivity contribution in [2.75, 3.05) is 19.8 Å². The largest absolute Gasteiger partial charge is 0.481 e. The molecule has 0 aromatic heterocycles. The zero-order valence-electron chi connectivity index (χ0n) is 10.4. The first kappa shape index (κ1) is 16.9. The zero-order valence-corrected chi connectivity index (χ0v) is 11.3. The number of aliphatic carboxylic acids is 1. The van der Waals surface area contributed by atoms with Crippen LogP contribution in [-0.4, -0.2) is 37.0 Å². The molecule has 0 aromatic carbocycles. The fourth-order valence-corrected chi connectivity index (χ4v) is 2.15. The average Bonchev–Trinajstić information content (AvgIpc) is 2.24. The van der Waals surface area contributed by atoms with Gasteiger partial charge in [-0.2, -0.15) is 0 Å². The monoisotopic (exact) mass is 283 g/mol. The molecule has 0 unspecified atom stereocenters. The van der Waals surface area contributed by atoms with Crippen molar-refractivity contribution in [3.8, 4) is 0 Å². The fraction of sp³-hybridized carbons (Fsp3) is 0.778. The molecule has 8 nitrogen and oxygen atoms in total. The van der Waals surface area contributed by atoms with Crippen LogP contribution in [-0.2, 0) is 23.1 Å². The van der Waals surface area contributed by atoms with E-state index in [2.05, 4.69) is 4.74 Å². The highest BCUT2D eigenvalue weighted by atomic mass is 31.2. The van der Waals surface area contributed by atoms with Gasteiger partial charge in [0.1, 0.15) is 0 Å². The second-order valence-electron chi connectivity index (χ2n) is 3.08. The normalized spacial score (nSPS) is 11.0. The predicted molar refractivity (Wildman–Crippen MR) is 62.2 cm³/mol. The Balaban J connectivity index is 4.02. The molecule has 9 heteroatoms. The summed E-state index contributed by atoms with van der Waals surface area (Å²) in [5.41, 5.74) is 0. The van der Waals surface area contributed by atoms with Crippen LogP contribution in [0.3, 0.4) is 0 Å². The number of nitrogens with one attached hydrogen (secondary N) is 1. The van der Waals surface area contributed by atoms with E-state index in [9.17, 15) is 14.2 Å². The molecule has 18 heavy (non-hydrogen) atoms. The van der Waals surface area contributed by atoms with Gasteiger partial charge in [0.05, 0.1) is 19.8 Å². The molecular formula is C9H18NO7P. The first-order valence-electron chi connectivity index (χ1n) is 5.49. The smallest absolute Gasteiger partial charge is 0.437 e. The van der Waals surface area contributed by atoms with Gasteiger partial charge in [-0.1, -0.05) is 0 Å². The second-order valence-corrected chi connectivity index (χ2v) is 4.81. The molecule has 0 aliphatic carbocycles. The van der Waals surface area contributed by atoms with Crippen molar-refractivity contribution in [1.29, 1.82) is 0 Å². The Morgan fingerprint density at radius 1 is 1.22 bits per heavy atom. The van der Waals surface area contributed by atoms with E-state index in [0.717, 1.165) is 0 Å². The van der Waals surface area contributed by atoms with Gasteiger partial charge in [-0.25, -0.2) is 14.4 Å². The van der Waals surface area contributed by atoms with Crippen molar-refractivity contribution in [1.82, 2.24) is 5.09 Å². The van der Waals surface area contributed by atoms with Crippen molar-refractivity contribution in [2.45, 2.75) is 26.7 Å². The van der Waals surface area contributed by atoms with Crippen molar-refractivity contribution in [3.05, 3.63) is 0 Å². The lowest BCUT2D eigenvalue weighted by molar-refractivity contribution is -0.137. The van der Waals surface area contributed by atoms with Gasteiger partial charge in [0, 0.05) is 6.42 Å². The summed E-state index contributed by atoms with van der Waals surface area (Å²) in [4.78, 5) is 21.4. The lowest BCUT2D eigenvalue weighted by Crippen LogP contribution is -2.24. The SMILES string of the molecule is CCOP(=O)(NC(=O)OCCCC(=O)O)OCC. The van der Waals surface area contributed by atoms with Crippen LogP contribution in [0.25, 0.3) is 0 Å². The minimum Gasteiger partial charge on any atom is -0.481 e. The summed E-state index contributed by atoms with van der Waals surface area (Å²) in [6.45, 7) is 3.33. The number of ether oxygens (including phenoxy) is 1. The summed E-state index contributed by atoms with van der Waals surface area (Å²) in [6, 6.07) is 0. The fourth-order valence-electron chi connectivity index (χ4n) is 0.974. The molecular weight excluding hydrogens is 265 g/mol. The molecule has 0 rings (SSSR count). The Bertz CT molecular complexity index is 310. The summed E-state index contributed by atoms with van der Waals surface area (Å²) in [5.74, 6) is -0.978. The number of carboxylic acid groups (broad SMARTS) is 1. The van der Waals surface area contributed by atoms with Crippen LogP contribution in [0.4, 0.5) is 4.79 Å². The summed E-state index contributed by atoms with van der Waals surface area (Å²) in [5, 5.41) is 10.4. The highest BCUT2D eigenvalue weighted by Gasteiger charge is 2.27. The third-order valence-electron chi connectivity index (χ3n) is 1.59. The van der Waals surface area contributed by atoms with Crippen LogP contribution in [0.1, 0.15) is 26.7 Å². The molecule has 0 radical (unpaired) electrons. The molecule has 1 amide bonds. The topological polar surface area (TPSA) is 111 Å². The Morgan fingerprint density at radius 2 is 1.78 bits per heavy atom. The minimum absolute atomic E-state index is 0.0869. The van der Waals surface area contributed by atoms with E-state index in [1.165, 1.54) is 0 Å². The van der Waals surface area contributed by atoms with Crippen LogP contribution in [0.2, 0.25) is 0 Å². The summed E-state index contributed by atoms with van der Waals surface area (Å²) in [7, 11) is -3.68. The highest BCUT2D eigenvalue weighted by Crippen LogP contribution is 2.43. The molecule has 0 aliphatic rings. The third kappa shape index (κ3) is 8.05. The van der Waals surface area contributed by atoms with Gasteiger partial charge in [-0.15, -0.1) is 0 Å². The van der Waals surface area contributed by atoms with Crippen molar-refractivity contribution < 1.29 is 33.0 Å². The van der Waals surface area contributed by atoms with Gasteiger partial charge < -0.3 is 9.84 Å². The first-order valence-corrected chi connectivity index (χ1v) is 7.03. The van der Waals surface area contributed by atoms with Crippen LogP contribution in [0, 0.1) is 0 Å². The molecule has 0 fully saturated rings. The predicted octanol–water partition coefficient (Wildman–Crippen LogP) is 1.76. The van der Waals surface area contributed by atoms with Crippen molar-refractivity contribution in [3.63, 3.8) is 0 Å². The van der Waals surface area contributed by atoms with Crippen molar-refractivity contribution >= 4 is 19.8 Å². The molecule has 0 saturated carbocycles. The number of carboxylic acids is 1. The van der Waals surface area contributed by atoms with Gasteiger partial charge in [0.15, 0.2) is 0 Å². The molecule has 0 heterocycles. The first-order chi connectivity index (χ1) is 8.43. The Hall–Kier alpha value is -1.11. The molecule has 0 aromatic rings. The minimum atomic E-state index is -3.68. The Kier molecular flexibility index (Phi) is 8.36. The molecule has 0 bridgehead atoms. The molecule has 106 valence electrons. The summed E-state index contributed by atoms with van der Waals surface area (Å²) < 4.78 is 26.1. The van der Waals surface area contributed by atoms with Crippen LogP contribution >= 0.6 is 7.75 Å². The zero-order chi connectivity index (χ0) is 14.0. The van der Waals surface area contributed by atoms with E-state index in [1.54, 1.807) is 13.8 Å². The van der Waals surface area contributed by atoms with E-state index >= 15 is 0 Å². The van der Waals surface area contributed by atoms with Crippen LogP contribution in [0.15, 0.2) is 0 Å². The molecule has 0 saturated heterocycles. The number of amides is 1. The number of carbonyl (C=O) groups is 2. The number of rotatable bonds is 9. The number of carbonyl (C=O) groups excluding carboxylic acids is 1. The summed E-state index contributed by atoms with van der Waals surface area (Å²) in [6.07, 6.45) is -0.899. The van der Waals surface area contributed by atoms with E-state index in [1.807, 2.05) is 5.09 Å². The van der Waals surface area contributed by atoms with Crippen LogP contribution in [0.5, 0.6) is 0 Å². The molecule has 0 aliphatic heterocycles. The van der Waals surface area contributed by atoms with Gasteiger partial charge in [0.2, 0.25) is 0 Å². The standard InChI is InChI=1S/C9H18NO7P/c1-3-16-18(14,17-4-2)10-9(13)15-7-5-6-8(11)12/h3-7H2,1-2H3,(H,11,12)(H,10,13,14). The Labute approximate surface area is 105 Å². The lowest BCUT2D eigenvalue weighted by Gasteiger charge is -2.17. The van der Waals surface area contributed by atoms with E-state index in [-0.39, 0.29) is 32.7 Å². The van der Waals surface area contributed by atoms with Gasteiger partial charge in [-0.3, -0.25) is 13.8 Å². The molecule has 0 atom stereocenters. The van der Waals surface area contributed by atoms with Crippen LogP contribution < -0.4 is 5.09 Å². The quantitative estimate of drug-likeness (QED) is 0.489. The number of hydrogen-bond donors (Lipinski definition) is 2. The molecule has 0 spiro atoms. The van der Waals surface area contributed by atoms with E-state index in [0.29, 0.717) is 0 Å². The Morgan fingerprint density at radius 3 is 2.22 bits per heavy atom. The van der Waals surface area contributed by atoms with Gasteiger partial charge >= 0.3 is 19.8 Å². The maximum absolute atomic E-state index is 11.8. The lowest BCUT2D eigenvalue weighted by atomic mass is 10.3. The second kappa shape index (κ2) is 8.91. The van der Waals surface area contributed by atoms with E-state index < -0.39 is 19.8 Å². The highest BCUT2D eigenvalue weighted by molar-refractivity contribution is 7.52. The number of hydrogen-bond acceptors (Lipinski definition) is 6. The molecule has 2 N–H and O–H groups in total.